The highest BCUT2D eigenvalue weighted by Gasteiger charge is 2.19. The molecule has 1 aromatic heterocycles. The first kappa shape index (κ1) is 20.3. The van der Waals surface area contributed by atoms with Crippen LogP contribution in [0.5, 0.6) is 0 Å². The molecule has 4 rings (SSSR count). The van der Waals surface area contributed by atoms with Gasteiger partial charge in [-0.2, -0.15) is 0 Å². The predicted molar refractivity (Wildman–Crippen MR) is 114 cm³/mol. The molecule has 30 heavy (non-hydrogen) atoms. The molecule has 0 radical (unpaired) electrons. The fourth-order valence-corrected chi connectivity index (χ4v) is 3.89. The number of aromatic nitrogens is 2. The lowest BCUT2D eigenvalue weighted by molar-refractivity contribution is -0.137. The first-order valence-electron chi connectivity index (χ1n) is 9.53. The highest BCUT2D eigenvalue weighted by atomic mass is 35.5. The van der Waals surface area contributed by atoms with E-state index in [0.29, 0.717) is 22.5 Å². The molecule has 2 heterocycles. The van der Waals surface area contributed by atoms with Crippen LogP contribution in [0.25, 0.3) is 22.3 Å². The maximum absolute atomic E-state index is 13.6. The van der Waals surface area contributed by atoms with Crippen molar-refractivity contribution in [3.63, 3.8) is 0 Å². The lowest BCUT2D eigenvalue weighted by Crippen LogP contribution is -2.49. The molecular formula is C21H20ClFN4O3. The summed E-state index contributed by atoms with van der Waals surface area (Å²) in [6.45, 7) is 3.97. The van der Waals surface area contributed by atoms with Crippen LogP contribution in [-0.4, -0.2) is 46.3 Å². The molecule has 0 amide bonds. The Kier molecular flexibility index (Phi) is 5.44. The van der Waals surface area contributed by atoms with Crippen LogP contribution in [0.15, 0.2) is 41.2 Å². The Morgan fingerprint density at radius 3 is 2.83 bits per heavy atom. The maximum Gasteiger partial charge on any atom is 0.323 e. The van der Waals surface area contributed by atoms with Crippen LogP contribution in [0.4, 0.5) is 10.1 Å². The van der Waals surface area contributed by atoms with Crippen molar-refractivity contribution in [2.45, 2.75) is 19.5 Å². The number of piperazine rings is 1. The van der Waals surface area contributed by atoms with Gasteiger partial charge in [0.2, 0.25) is 0 Å². The van der Waals surface area contributed by atoms with Crippen molar-refractivity contribution in [3.8, 4) is 11.4 Å². The minimum absolute atomic E-state index is 0.125. The third-order valence-corrected chi connectivity index (χ3v) is 5.43. The first-order chi connectivity index (χ1) is 14.3. The largest absolute Gasteiger partial charge is 0.480 e. The molecule has 9 heteroatoms. The summed E-state index contributed by atoms with van der Waals surface area (Å²) in [5.74, 6) is -1.66. The normalized spacial score (nSPS) is 16.8. The van der Waals surface area contributed by atoms with Crippen molar-refractivity contribution in [1.29, 1.82) is 0 Å². The number of carboxylic acid groups (broad SMARTS) is 1. The van der Waals surface area contributed by atoms with Crippen LogP contribution in [-0.2, 0) is 11.3 Å². The van der Waals surface area contributed by atoms with Crippen LogP contribution in [0, 0.1) is 5.82 Å². The van der Waals surface area contributed by atoms with Crippen molar-refractivity contribution in [2.75, 3.05) is 24.5 Å². The third-order valence-electron chi connectivity index (χ3n) is 5.14. The summed E-state index contributed by atoms with van der Waals surface area (Å²) in [6.07, 6.45) is 0. The maximum atomic E-state index is 13.6. The van der Waals surface area contributed by atoms with Gasteiger partial charge in [-0.05, 0) is 43.3 Å². The van der Waals surface area contributed by atoms with Crippen LogP contribution >= 0.6 is 11.6 Å². The van der Waals surface area contributed by atoms with E-state index in [-0.39, 0.29) is 10.8 Å². The van der Waals surface area contributed by atoms with E-state index in [1.807, 2.05) is 6.07 Å². The second-order valence-corrected chi connectivity index (χ2v) is 7.76. The van der Waals surface area contributed by atoms with Gasteiger partial charge >= 0.3 is 5.97 Å². The van der Waals surface area contributed by atoms with E-state index in [0.717, 1.165) is 36.0 Å². The second-order valence-electron chi connectivity index (χ2n) is 7.35. The zero-order chi connectivity index (χ0) is 21.4. The lowest BCUT2D eigenvalue weighted by atomic mass is 10.1. The molecule has 1 atom stereocenters. The number of nitrogens with zero attached hydrogens (tertiary/aromatic N) is 3. The summed E-state index contributed by atoms with van der Waals surface area (Å²) in [5.41, 5.74) is 1.21. The van der Waals surface area contributed by atoms with Gasteiger partial charge < -0.3 is 15.3 Å². The minimum atomic E-state index is -1.18. The number of rotatable bonds is 4. The number of benzene rings is 2. The standard InChI is InChI=1S/C21H20ClFN4O3/c1-12-10-26(7-6-24-12)14-3-5-18-15(9-14)21(30)27(11-19(28)29)20(25-18)13-2-4-17(23)16(22)8-13/h2-5,8-9,12,24H,6-7,10-11H2,1H3,(H,28,29)/t12-/m1/s1. The first-order valence-corrected chi connectivity index (χ1v) is 9.91. The van der Waals surface area contributed by atoms with E-state index in [4.69, 9.17) is 11.6 Å². The van der Waals surface area contributed by atoms with Gasteiger partial charge in [0.15, 0.2) is 0 Å². The molecule has 156 valence electrons. The molecule has 0 saturated carbocycles. The average Bonchev–Trinajstić information content (AvgIpc) is 2.71. The molecule has 1 aliphatic rings. The Morgan fingerprint density at radius 1 is 1.33 bits per heavy atom. The van der Waals surface area contributed by atoms with Gasteiger partial charge in [-0.3, -0.25) is 14.2 Å². The molecule has 1 saturated heterocycles. The molecule has 7 nitrogen and oxygen atoms in total. The molecule has 2 N–H and O–H groups in total. The van der Waals surface area contributed by atoms with Gasteiger partial charge in [0.05, 0.1) is 15.9 Å². The van der Waals surface area contributed by atoms with Gasteiger partial charge in [0, 0.05) is 36.9 Å². The van der Waals surface area contributed by atoms with Crippen molar-refractivity contribution in [1.82, 2.24) is 14.9 Å². The molecule has 0 unspecified atom stereocenters. The van der Waals surface area contributed by atoms with E-state index in [9.17, 15) is 19.1 Å². The third kappa shape index (κ3) is 3.88. The van der Waals surface area contributed by atoms with Gasteiger partial charge in [0.25, 0.3) is 5.56 Å². The lowest BCUT2D eigenvalue weighted by Gasteiger charge is -2.33. The number of halogens is 2. The fourth-order valence-electron chi connectivity index (χ4n) is 3.71. The Hall–Kier alpha value is -2.97. The number of carboxylic acids is 1. The predicted octanol–water partition coefficient (Wildman–Crippen LogP) is 2.74. The number of anilines is 1. The van der Waals surface area contributed by atoms with E-state index >= 15 is 0 Å². The van der Waals surface area contributed by atoms with Crippen molar-refractivity contribution >= 4 is 34.2 Å². The highest BCUT2D eigenvalue weighted by molar-refractivity contribution is 6.31. The molecular weight excluding hydrogens is 411 g/mol. The van der Waals surface area contributed by atoms with Crippen LogP contribution in [0.2, 0.25) is 5.02 Å². The Bertz CT molecular complexity index is 1200. The summed E-state index contributed by atoms with van der Waals surface area (Å²) in [6, 6.07) is 9.63. The molecule has 3 aromatic rings. The Balaban J connectivity index is 1.88. The number of carbonyl (C=O) groups is 1. The van der Waals surface area contributed by atoms with Gasteiger partial charge in [0.1, 0.15) is 18.2 Å². The summed E-state index contributed by atoms with van der Waals surface area (Å²) in [5, 5.41) is 12.9. The van der Waals surface area contributed by atoms with Crippen LogP contribution in [0.3, 0.4) is 0 Å². The fraction of sp³-hybridized carbons (Fsp3) is 0.286. The summed E-state index contributed by atoms with van der Waals surface area (Å²) in [4.78, 5) is 31.3. The van der Waals surface area contributed by atoms with Gasteiger partial charge in [-0.15, -0.1) is 0 Å². The molecule has 0 aliphatic carbocycles. The molecule has 0 spiro atoms. The molecule has 1 aliphatic heterocycles. The summed E-state index contributed by atoms with van der Waals surface area (Å²) in [7, 11) is 0. The van der Waals surface area contributed by atoms with Crippen molar-refractivity contribution < 1.29 is 14.3 Å². The smallest absolute Gasteiger partial charge is 0.323 e. The zero-order valence-electron chi connectivity index (χ0n) is 16.2. The topological polar surface area (TPSA) is 87.5 Å². The number of hydrogen-bond acceptors (Lipinski definition) is 5. The van der Waals surface area contributed by atoms with Gasteiger partial charge in [-0.25, -0.2) is 9.37 Å². The monoisotopic (exact) mass is 430 g/mol. The number of fused-ring (bicyclic) bond motifs is 1. The number of nitrogens with one attached hydrogen (secondary N) is 1. The SMILES string of the molecule is C[C@@H]1CN(c2ccc3nc(-c4ccc(F)c(Cl)c4)n(CC(=O)O)c(=O)c3c2)CCN1. The summed E-state index contributed by atoms with van der Waals surface area (Å²) >= 11 is 5.88. The van der Waals surface area contributed by atoms with Gasteiger partial charge in [-0.1, -0.05) is 11.6 Å². The number of aliphatic carboxylic acids is 1. The summed E-state index contributed by atoms with van der Waals surface area (Å²) < 4.78 is 14.7. The Morgan fingerprint density at radius 2 is 2.13 bits per heavy atom. The average molecular weight is 431 g/mol. The molecule has 2 aromatic carbocycles. The Labute approximate surface area is 176 Å². The molecule has 1 fully saturated rings. The highest BCUT2D eigenvalue weighted by Crippen LogP contribution is 2.26. The zero-order valence-corrected chi connectivity index (χ0v) is 17.0. The minimum Gasteiger partial charge on any atom is -0.480 e. The van der Waals surface area contributed by atoms with Crippen LogP contribution in [0.1, 0.15) is 6.92 Å². The molecule has 0 bridgehead atoms. The van der Waals surface area contributed by atoms with E-state index in [1.54, 1.807) is 12.1 Å². The second kappa shape index (κ2) is 8.04. The quantitative estimate of drug-likeness (QED) is 0.661. The van der Waals surface area contributed by atoms with E-state index < -0.39 is 23.9 Å². The van der Waals surface area contributed by atoms with E-state index in [1.165, 1.54) is 12.1 Å². The number of hydrogen-bond donors (Lipinski definition) is 2. The van der Waals surface area contributed by atoms with E-state index in [2.05, 4.69) is 22.1 Å². The van der Waals surface area contributed by atoms with Crippen LogP contribution < -0.4 is 15.8 Å². The van der Waals surface area contributed by atoms with Crippen molar-refractivity contribution in [2.24, 2.45) is 0 Å². The van der Waals surface area contributed by atoms with Crippen molar-refractivity contribution in [3.05, 3.63) is 57.6 Å².